The molecule has 5 nitrogen and oxygen atoms in total. The van der Waals surface area contributed by atoms with Crippen LogP contribution in [0.1, 0.15) is 0 Å². The summed E-state index contributed by atoms with van der Waals surface area (Å²) in [6.45, 7) is 0. The van der Waals surface area contributed by atoms with E-state index in [-0.39, 0.29) is 0 Å². The average molecular weight is 282 g/mol. The van der Waals surface area contributed by atoms with Gasteiger partial charge in [-0.05, 0) is 12.1 Å². The predicted molar refractivity (Wildman–Crippen MR) is 79.2 cm³/mol. The van der Waals surface area contributed by atoms with E-state index >= 15 is 0 Å². The molecule has 0 N–H and O–H groups in total. The number of hydrogen-bond donors (Lipinski definition) is 0. The average Bonchev–Trinajstić information content (AvgIpc) is 2.91. The fourth-order valence-corrected chi connectivity index (χ4v) is 1.98. The van der Waals surface area contributed by atoms with E-state index in [0.29, 0.717) is 11.3 Å². The van der Waals surface area contributed by atoms with Gasteiger partial charge < -0.3 is 14.2 Å². The summed E-state index contributed by atoms with van der Waals surface area (Å²) in [5.74, 6) is 0.428. The molecule has 0 atom stereocenters. The summed E-state index contributed by atoms with van der Waals surface area (Å²) in [4.78, 5) is 12.9. The second-order valence-electron chi connectivity index (χ2n) is 4.82. The Labute approximate surface area is 121 Å². The maximum atomic E-state index is 11.5. The number of ether oxygens (including phenoxy) is 1. The third-order valence-corrected chi connectivity index (χ3v) is 3.06. The minimum absolute atomic E-state index is 0.428. The van der Waals surface area contributed by atoms with Crippen LogP contribution in [0.25, 0.3) is 22.2 Å². The van der Waals surface area contributed by atoms with Gasteiger partial charge in [-0.25, -0.2) is 4.79 Å². The Balaban J connectivity index is 1.97. The van der Waals surface area contributed by atoms with Gasteiger partial charge in [0, 0.05) is 31.1 Å². The zero-order valence-electron chi connectivity index (χ0n) is 11.7. The maximum Gasteiger partial charge on any atom is 0.414 e. The highest BCUT2D eigenvalue weighted by atomic mass is 16.6. The van der Waals surface area contributed by atoms with E-state index in [0.717, 1.165) is 16.6 Å². The van der Waals surface area contributed by atoms with Gasteiger partial charge in [0.05, 0.1) is 0 Å². The Hall–Kier alpha value is -2.82. The van der Waals surface area contributed by atoms with Crippen LogP contribution in [-0.2, 0) is 0 Å². The van der Waals surface area contributed by atoms with Crippen LogP contribution in [0.5, 0.6) is 5.75 Å². The summed E-state index contributed by atoms with van der Waals surface area (Å²) >= 11 is 0. The lowest BCUT2D eigenvalue weighted by Gasteiger charge is -2.10. The highest BCUT2D eigenvalue weighted by molar-refractivity contribution is 5.92. The van der Waals surface area contributed by atoms with Crippen LogP contribution >= 0.6 is 0 Å². The Kier molecular flexibility index (Phi) is 3.31. The predicted octanol–water partition coefficient (Wildman–Crippen LogP) is 3.56. The molecule has 0 saturated heterocycles. The number of nitrogens with zero attached hydrogens (tertiary/aromatic N) is 2. The third kappa shape index (κ3) is 2.58. The van der Waals surface area contributed by atoms with Crippen molar-refractivity contribution in [3.8, 4) is 17.0 Å². The molecule has 21 heavy (non-hydrogen) atoms. The summed E-state index contributed by atoms with van der Waals surface area (Å²) in [5.41, 5.74) is 2.34. The van der Waals surface area contributed by atoms with Crippen molar-refractivity contribution in [3.05, 3.63) is 48.5 Å². The molecule has 0 aliphatic carbocycles. The lowest BCUT2D eigenvalue weighted by molar-refractivity contribution is 0.172. The molecule has 0 radical (unpaired) electrons. The molecular weight excluding hydrogens is 268 g/mol. The van der Waals surface area contributed by atoms with Gasteiger partial charge in [-0.1, -0.05) is 35.5 Å². The SMILES string of the molecule is CN(C)C(=O)Oc1ccc2c(-c3ccccc3)noc2c1. The van der Waals surface area contributed by atoms with Crippen molar-refractivity contribution in [2.45, 2.75) is 0 Å². The summed E-state index contributed by atoms with van der Waals surface area (Å²) in [6.07, 6.45) is -0.433. The molecule has 0 unspecified atom stereocenters. The first-order valence-electron chi connectivity index (χ1n) is 6.49. The topological polar surface area (TPSA) is 55.6 Å². The van der Waals surface area contributed by atoms with E-state index in [1.807, 2.05) is 36.4 Å². The van der Waals surface area contributed by atoms with E-state index < -0.39 is 6.09 Å². The molecule has 0 spiro atoms. The van der Waals surface area contributed by atoms with Crippen molar-refractivity contribution in [1.29, 1.82) is 0 Å². The number of aromatic nitrogens is 1. The number of hydrogen-bond acceptors (Lipinski definition) is 4. The molecule has 0 fully saturated rings. The second kappa shape index (κ2) is 5.28. The number of carbonyl (C=O) groups excluding carboxylic acids is 1. The molecule has 2 aromatic carbocycles. The summed E-state index contributed by atoms with van der Waals surface area (Å²) < 4.78 is 10.5. The minimum Gasteiger partial charge on any atom is -0.410 e. The normalized spacial score (nSPS) is 10.6. The highest BCUT2D eigenvalue weighted by Crippen LogP contribution is 2.30. The smallest absolute Gasteiger partial charge is 0.410 e. The van der Waals surface area contributed by atoms with E-state index in [1.165, 1.54) is 4.90 Å². The fourth-order valence-electron chi connectivity index (χ4n) is 1.98. The van der Waals surface area contributed by atoms with E-state index in [9.17, 15) is 4.79 Å². The second-order valence-corrected chi connectivity index (χ2v) is 4.82. The van der Waals surface area contributed by atoms with Gasteiger partial charge in [0.2, 0.25) is 0 Å². The highest BCUT2D eigenvalue weighted by Gasteiger charge is 2.13. The van der Waals surface area contributed by atoms with Crippen molar-refractivity contribution in [1.82, 2.24) is 10.1 Å². The van der Waals surface area contributed by atoms with Crippen molar-refractivity contribution in [2.75, 3.05) is 14.1 Å². The first-order chi connectivity index (χ1) is 10.1. The molecule has 3 rings (SSSR count). The largest absolute Gasteiger partial charge is 0.414 e. The fraction of sp³-hybridized carbons (Fsp3) is 0.125. The summed E-state index contributed by atoms with van der Waals surface area (Å²) in [7, 11) is 3.26. The van der Waals surface area contributed by atoms with Crippen LogP contribution in [0.2, 0.25) is 0 Å². The maximum absolute atomic E-state index is 11.5. The first kappa shape index (κ1) is 13.2. The first-order valence-corrected chi connectivity index (χ1v) is 6.49. The van der Waals surface area contributed by atoms with Crippen LogP contribution in [0, 0.1) is 0 Å². The molecule has 106 valence electrons. The molecule has 1 aromatic heterocycles. The molecular formula is C16H14N2O3. The van der Waals surface area contributed by atoms with E-state index in [4.69, 9.17) is 9.26 Å². The Morgan fingerprint density at radius 1 is 1.14 bits per heavy atom. The van der Waals surface area contributed by atoms with E-state index in [1.54, 1.807) is 26.2 Å². The summed E-state index contributed by atoms with van der Waals surface area (Å²) in [5, 5.41) is 4.98. The monoisotopic (exact) mass is 282 g/mol. The van der Waals surface area contributed by atoms with Gasteiger partial charge in [-0.2, -0.15) is 0 Å². The lowest BCUT2D eigenvalue weighted by Crippen LogP contribution is -2.25. The quantitative estimate of drug-likeness (QED) is 0.721. The van der Waals surface area contributed by atoms with Gasteiger partial charge in [0.1, 0.15) is 11.4 Å². The molecule has 0 bridgehead atoms. The van der Waals surface area contributed by atoms with Crippen LogP contribution in [0.4, 0.5) is 4.79 Å². The molecule has 0 aliphatic rings. The van der Waals surface area contributed by atoms with Gasteiger partial charge in [0.25, 0.3) is 0 Å². The minimum atomic E-state index is -0.433. The van der Waals surface area contributed by atoms with Crippen LogP contribution in [0.3, 0.4) is 0 Å². The molecule has 3 aromatic rings. The van der Waals surface area contributed by atoms with Crippen molar-refractivity contribution in [3.63, 3.8) is 0 Å². The molecule has 5 heteroatoms. The van der Waals surface area contributed by atoms with Gasteiger partial charge in [-0.15, -0.1) is 0 Å². The van der Waals surface area contributed by atoms with Crippen molar-refractivity contribution in [2.24, 2.45) is 0 Å². The van der Waals surface area contributed by atoms with Gasteiger partial charge in [-0.3, -0.25) is 0 Å². The lowest BCUT2D eigenvalue weighted by atomic mass is 10.1. The number of amides is 1. The molecule has 1 amide bonds. The van der Waals surface area contributed by atoms with Crippen LogP contribution in [0.15, 0.2) is 53.1 Å². The molecule has 1 heterocycles. The Morgan fingerprint density at radius 3 is 2.62 bits per heavy atom. The number of carbonyl (C=O) groups is 1. The van der Waals surface area contributed by atoms with Crippen molar-refractivity contribution >= 4 is 17.1 Å². The van der Waals surface area contributed by atoms with E-state index in [2.05, 4.69) is 5.16 Å². The zero-order chi connectivity index (χ0) is 14.8. The number of benzene rings is 2. The Bertz CT molecular complexity index is 779. The number of rotatable bonds is 2. The third-order valence-electron chi connectivity index (χ3n) is 3.06. The molecule has 0 aliphatic heterocycles. The van der Waals surface area contributed by atoms with Crippen LogP contribution in [-0.4, -0.2) is 30.2 Å². The number of fused-ring (bicyclic) bond motifs is 1. The molecule has 0 saturated carbocycles. The van der Waals surface area contributed by atoms with Gasteiger partial charge in [0.15, 0.2) is 5.58 Å². The Morgan fingerprint density at radius 2 is 1.90 bits per heavy atom. The zero-order valence-corrected chi connectivity index (χ0v) is 11.7. The van der Waals surface area contributed by atoms with Crippen molar-refractivity contribution < 1.29 is 14.1 Å². The summed E-state index contributed by atoms with van der Waals surface area (Å²) in [6, 6.07) is 15.0. The van der Waals surface area contributed by atoms with Gasteiger partial charge >= 0.3 is 6.09 Å². The van der Waals surface area contributed by atoms with Crippen LogP contribution < -0.4 is 4.74 Å². The standard InChI is InChI=1S/C16H14N2O3/c1-18(2)16(19)20-12-8-9-13-14(10-12)21-17-15(13)11-6-4-3-5-7-11/h3-10H,1-2H3.